The second-order valence-electron chi connectivity index (χ2n) is 8.64. The number of esters is 1. The van der Waals surface area contributed by atoms with Crippen molar-refractivity contribution in [3.63, 3.8) is 0 Å². The van der Waals surface area contributed by atoms with Gasteiger partial charge in [0.2, 0.25) is 0 Å². The lowest BCUT2D eigenvalue weighted by Gasteiger charge is -2.49. The average molecular weight is 531 g/mol. The van der Waals surface area contributed by atoms with Crippen molar-refractivity contribution in [3.05, 3.63) is 114 Å². The van der Waals surface area contributed by atoms with Gasteiger partial charge in [0.05, 0.1) is 12.9 Å². The van der Waals surface area contributed by atoms with E-state index in [4.69, 9.17) is 14.2 Å². The summed E-state index contributed by atoms with van der Waals surface area (Å²) >= 11 is 1.41. The topological polar surface area (TPSA) is 94.2 Å². The SMILES string of the molecule is COC1=C(C(=O)OC(c2ccccc2)c2ccccc2)N2C(=O)C(NC(=O)COc3ccccc3)[C@H]2SC1. The van der Waals surface area contributed by atoms with E-state index in [0.717, 1.165) is 11.1 Å². The van der Waals surface area contributed by atoms with E-state index in [-0.39, 0.29) is 12.3 Å². The van der Waals surface area contributed by atoms with Crippen molar-refractivity contribution in [2.24, 2.45) is 0 Å². The lowest BCUT2D eigenvalue weighted by Crippen LogP contribution is -2.71. The smallest absolute Gasteiger partial charge is 0.359 e. The average Bonchev–Trinajstić information content (AvgIpc) is 2.98. The number of nitrogens with zero attached hydrogens (tertiary/aromatic N) is 1. The number of hydrogen-bond donors (Lipinski definition) is 1. The highest BCUT2D eigenvalue weighted by Crippen LogP contribution is 2.41. The number of carbonyl (C=O) groups is 3. The first-order chi connectivity index (χ1) is 18.6. The van der Waals surface area contributed by atoms with Crippen LogP contribution in [0.25, 0.3) is 0 Å². The summed E-state index contributed by atoms with van der Waals surface area (Å²) in [6.07, 6.45) is -0.675. The summed E-state index contributed by atoms with van der Waals surface area (Å²) in [5.41, 5.74) is 1.66. The molecule has 2 aliphatic rings. The predicted molar refractivity (Wildman–Crippen MR) is 142 cm³/mol. The molecule has 3 aromatic carbocycles. The van der Waals surface area contributed by atoms with E-state index < -0.39 is 35.3 Å². The van der Waals surface area contributed by atoms with Gasteiger partial charge in [-0.3, -0.25) is 14.5 Å². The third-order valence-corrected chi connectivity index (χ3v) is 7.49. The highest BCUT2D eigenvalue weighted by molar-refractivity contribution is 8.00. The molecular formula is C29H26N2O6S. The van der Waals surface area contributed by atoms with Gasteiger partial charge in [0.1, 0.15) is 22.9 Å². The fraction of sp³-hybridized carbons (Fsp3) is 0.207. The third kappa shape index (κ3) is 5.24. The maximum atomic E-state index is 13.6. The summed E-state index contributed by atoms with van der Waals surface area (Å²) in [7, 11) is 1.46. The van der Waals surface area contributed by atoms with Crippen LogP contribution in [0, 0.1) is 0 Å². The molecule has 1 fully saturated rings. The van der Waals surface area contributed by atoms with Crippen LogP contribution in [-0.4, -0.2) is 53.6 Å². The van der Waals surface area contributed by atoms with E-state index in [0.29, 0.717) is 17.3 Å². The molecule has 0 saturated carbocycles. The number of para-hydroxylation sites is 1. The van der Waals surface area contributed by atoms with Gasteiger partial charge in [-0.15, -0.1) is 11.8 Å². The van der Waals surface area contributed by atoms with Crippen LogP contribution in [0.1, 0.15) is 17.2 Å². The van der Waals surface area contributed by atoms with Crippen LogP contribution in [0.4, 0.5) is 0 Å². The lowest BCUT2D eigenvalue weighted by molar-refractivity contribution is -0.155. The van der Waals surface area contributed by atoms with Crippen molar-refractivity contribution in [3.8, 4) is 5.75 Å². The first-order valence-corrected chi connectivity index (χ1v) is 13.1. The van der Waals surface area contributed by atoms with Crippen molar-refractivity contribution in [2.45, 2.75) is 17.5 Å². The Hall–Kier alpha value is -4.24. The Balaban J connectivity index is 1.31. The number of fused-ring (bicyclic) bond motifs is 1. The normalized spacial score (nSPS) is 18.4. The van der Waals surface area contributed by atoms with Crippen LogP contribution in [0.3, 0.4) is 0 Å². The first kappa shape index (κ1) is 25.4. The zero-order valence-corrected chi connectivity index (χ0v) is 21.4. The van der Waals surface area contributed by atoms with E-state index in [9.17, 15) is 14.4 Å². The Labute approximate surface area is 224 Å². The number of benzene rings is 3. The Morgan fingerprint density at radius 2 is 1.53 bits per heavy atom. The molecule has 0 bridgehead atoms. The maximum Gasteiger partial charge on any atom is 0.359 e. The summed E-state index contributed by atoms with van der Waals surface area (Å²) in [5.74, 6) is -0.250. The highest BCUT2D eigenvalue weighted by Gasteiger charge is 2.55. The molecule has 8 nitrogen and oxygen atoms in total. The number of nitrogens with one attached hydrogen (secondary N) is 1. The number of amides is 2. The van der Waals surface area contributed by atoms with Crippen LogP contribution >= 0.6 is 11.8 Å². The molecule has 0 radical (unpaired) electrons. The molecule has 2 aliphatic heterocycles. The quantitative estimate of drug-likeness (QED) is 0.333. The second kappa shape index (κ2) is 11.4. The number of hydrogen-bond acceptors (Lipinski definition) is 7. The zero-order valence-electron chi connectivity index (χ0n) is 20.6. The summed E-state index contributed by atoms with van der Waals surface area (Å²) in [6, 6.07) is 27.0. The first-order valence-electron chi connectivity index (χ1n) is 12.1. The third-order valence-electron chi connectivity index (χ3n) is 6.23. The minimum Gasteiger partial charge on any atom is -0.498 e. The summed E-state index contributed by atoms with van der Waals surface area (Å²) in [4.78, 5) is 40.6. The molecule has 2 heterocycles. The Kier molecular flexibility index (Phi) is 7.65. The highest BCUT2D eigenvalue weighted by atomic mass is 32.2. The lowest BCUT2D eigenvalue weighted by atomic mass is 10.0. The Morgan fingerprint density at radius 3 is 2.11 bits per heavy atom. The Bertz CT molecular complexity index is 1290. The molecule has 0 aliphatic carbocycles. The molecule has 38 heavy (non-hydrogen) atoms. The van der Waals surface area contributed by atoms with Gasteiger partial charge in [0.25, 0.3) is 11.8 Å². The number of ether oxygens (including phenoxy) is 3. The van der Waals surface area contributed by atoms with Crippen molar-refractivity contribution in [2.75, 3.05) is 19.5 Å². The molecule has 1 unspecified atom stereocenters. The van der Waals surface area contributed by atoms with E-state index >= 15 is 0 Å². The fourth-order valence-electron chi connectivity index (χ4n) is 4.36. The van der Waals surface area contributed by atoms with Crippen LogP contribution in [0.5, 0.6) is 5.75 Å². The minimum absolute atomic E-state index is 0.0594. The van der Waals surface area contributed by atoms with Crippen molar-refractivity contribution in [1.29, 1.82) is 0 Å². The van der Waals surface area contributed by atoms with Gasteiger partial charge < -0.3 is 19.5 Å². The monoisotopic (exact) mass is 530 g/mol. The summed E-state index contributed by atoms with van der Waals surface area (Å²) in [6.45, 7) is -0.227. The zero-order chi connectivity index (χ0) is 26.5. The molecule has 1 saturated heterocycles. The number of carbonyl (C=O) groups excluding carboxylic acids is 3. The van der Waals surface area contributed by atoms with Crippen molar-refractivity contribution >= 4 is 29.5 Å². The molecule has 1 N–H and O–H groups in total. The standard InChI is InChI=1S/C29H26N2O6S/c1-35-22-18-38-28-24(30-23(32)17-36-21-15-9-4-10-16-21)27(33)31(28)25(22)29(34)37-26(19-11-5-2-6-12-19)20-13-7-3-8-14-20/h2-16,24,26,28H,17-18H2,1H3,(H,30,32)/t24?,28-/m1/s1. The largest absolute Gasteiger partial charge is 0.498 e. The summed E-state index contributed by atoms with van der Waals surface area (Å²) in [5, 5.41) is 2.27. The molecule has 2 atom stereocenters. The molecule has 194 valence electrons. The number of methoxy groups -OCH3 is 1. The number of β-lactam (4-membered cyclic amide) rings is 1. The molecular weight excluding hydrogens is 504 g/mol. The molecule has 5 rings (SSSR count). The number of rotatable bonds is 9. The molecule has 0 aromatic heterocycles. The second-order valence-corrected chi connectivity index (χ2v) is 9.74. The minimum atomic E-state index is -0.785. The Morgan fingerprint density at radius 1 is 0.947 bits per heavy atom. The van der Waals surface area contributed by atoms with Crippen LogP contribution in [0.2, 0.25) is 0 Å². The molecule has 2 amide bonds. The van der Waals surface area contributed by atoms with E-state index in [1.165, 1.54) is 23.8 Å². The van der Waals surface area contributed by atoms with Gasteiger partial charge >= 0.3 is 5.97 Å². The summed E-state index contributed by atoms with van der Waals surface area (Å²) < 4.78 is 17.0. The molecule has 0 spiro atoms. The number of thioether (sulfide) groups is 1. The molecule has 3 aromatic rings. The predicted octanol–water partition coefficient (Wildman–Crippen LogP) is 3.66. The van der Waals surface area contributed by atoms with Gasteiger partial charge in [-0.2, -0.15) is 0 Å². The van der Waals surface area contributed by atoms with Crippen LogP contribution in [0.15, 0.2) is 102 Å². The van der Waals surface area contributed by atoms with Crippen molar-refractivity contribution < 1.29 is 28.6 Å². The molecule has 9 heteroatoms. The van der Waals surface area contributed by atoms with Gasteiger partial charge in [0.15, 0.2) is 18.4 Å². The van der Waals surface area contributed by atoms with E-state index in [1.807, 2.05) is 66.7 Å². The van der Waals surface area contributed by atoms with Crippen LogP contribution < -0.4 is 10.1 Å². The van der Waals surface area contributed by atoms with Gasteiger partial charge in [-0.05, 0) is 23.3 Å². The van der Waals surface area contributed by atoms with E-state index in [1.54, 1.807) is 24.3 Å². The van der Waals surface area contributed by atoms with Crippen molar-refractivity contribution in [1.82, 2.24) is 10.2 Å². The van der Waals surface area contributed by atoms with Crippen LogP contribution in [-0.2, 0) is 23.9 Å². The van der Waals surface area contributed by atoms with E-state index in [2.05, 4.69) is 5.32 Å². The fourth-order valence-corrected chi connectivity index (χ4v) is 5.68. The van der Waals surface area contributed by atoms with Gasteiger partial charge in [0, 0.05) is 0 Å². The van der Waals surface area contributed by atoms with Gasteiger partial charge in [-0.25, -0.2) is 4.79 Å². The van der Waals surface area contributed by atoms with Gasteiger partial charge in [-0.1, -0.05) is 78.9 Å². The maximum absolute atomic E-state index is 13.6.